The molecule has 6 nitrogen and oxygen atoms in total. The zero-order valence-electron chi connectivity index (χ0n) is 14.8. The maximum Gasteiger partial charge on any atom is 0.306 e. The SMILES string of the molecule is COc1ccc(CN2CC[C@@]3(CCCC(C(=O)O)C3)C2=O)c(OC)c1. The molecule has 1 aromatic carbocycles. The van der Waals surface area contributed by atoms with Gasteiger partial charge in [-0.2, -0.15) is 0 Å². The number of likely N-dealkylation sites (tertiary alicyclic amines) is 1. The van der Waals surface area contributed by atoms with Gasteiger partial charge in [0.25, 0.3) is 0 Å². The summed E-state index contributed by atoms with van der Waals surface area (Å²) in [7, 11) is 3.20. The number of amides is 1. The molecule has 136 valence electrons. The number of carbonyl (C=O) groups excluding carboxylic acids is 1. The Bertz CT molecular complexity index is 674. The van der Waals surface area contributed by atoms with E-state index in [1.807, 2.05) is 23.1 Å². The fourth-order valence-electron chi connectivity index (χ4n) is 4.23. The van der Waals surface area contributed by atoms with Crippen LogP contribution in [0.25, 0.3) is 0 Å². The molecule has 3 rings (SSSR count). The van der Waals surface area contributed by atoms with Crippen LogP contribution in [-0.2, 0) is 16.1 Å². The lowest BCUT2D eigenvalue weighted by Crippen LogP contribution is -2.39. The number of carbonyl (C=O) groups is 2. The minimum absolute atomic E-state index is 0.0938. The van der Waals surface area contributed by atoms with Crippen molar-refractivity contribution in [2.75, 3.05) is 20.8 Å². The molecule has 25 heavy (non-hydrogen) atoms. The molecule has 1 aliphatic carbocycles. The highest BCUT2D eigenvalue weighted by atomic mass is 16.5. The second kappa shape index (κ2) is 6.94. The molecule has 1 unspecified atom stereocenters. The number of hydrogen-bond donors (Lipinski definition) is 1. The largest absolute Gasteiger partial charge is 0.497 e. The highest BCUT2D eigenvalue weighted by Crippen LogP contribution is 2.47. The maximum atomic E-state index is 13.0. The Labute approximate surface area is 147 Å². The molecular weight excluding hydrogens is 322 g/mol. The molecule has 1 spiro atoms. The van der Waals surface area contributed by atoms with Gasteiger partial charge in [0.15, 0.2) is 0 Å². The first-order valence-electron chi connectivity index (χ1n) is 8.72. The molecule has 1 heterocycles. The second-order valence-corrected chi connectivity index (χ2v) is 7.07. The smallest absolute Gasteiger partial charge is 0.306 e. The summed E-state index contributed by atoms with van der Waals surface area (Å²) in [5, 5.41) is 9.33. The lowest BCUT2D eigenvalue weighted by molar-refractivity contribution is -0.147. The number of ether oxygens (including phenoxy) is 2. The number of hydrogen-bond acceptors (Lipinski definition) is 4. The van der Waals surface area contributed by atoms with E-state index in [-0.39, 0.29) is 5.91 Å². The molecule has 1 aromatic rings. The summed E-state index contributed by atoms with van der Waals surface area (Å²) in [6, 6.07) is 5.58. The van der Waals surface area contributed by atoms with Crippen LogP contribution in [0, 0.1) is 11.3 Å². The predicted octanol–water partition coefficient (Wildman–Crippen LogP) is 2.70. The number of methoxy groups -OCH3 is 2. The third kappa shape index (κ3) is 3.30. The number of carboxylic acid groups (broad SMARTS) is 1. The third-order valence-electron chi connectivity index (χ3n) is 5.65. The Morgan fingerprint density at radius 2 is 2.12 bits per heavy atom. The van der Waals surface area contributed by atoms with E-state index in [4.69, 9.17) is 9.47 Å². The van der Waals surface area contributed by atoms with Crippen molar-refractivity contribution in [2.24, 2.45) is 11.3 Å². The highest BCUT2D eigenvalue weighted by molar-refractivity contribution is 5.86. The van der Waals surface area contributed by atoms with Gasteiger partial charge in [-0.1, -0.05) is 6.42 Å². The van der Waals surface area contributed by atoms with Crippen molar-refractivity contribution in [3.8, 4) is 11.5 Å². The number of benzene rings is 1. The van der Waals surface area contributed by atoms with E-state index in [0.717, 1.165) is 24.8 Å². The average molecular weight is 347 g/mol. The summed E-state index contributed by atoms with van der Waals surface area (Å²) in [5.74, 6) is 0.327. The number of rotatable bonds is 5. The first-order valence-corrected chi connectivity index (χ1v) is 8.72. The average Bonchev–Trinajstić information content (AvgIpc) is 2.91. The summed E-state index contributed by atoms with van der Waals surface area (Å²) in [6.45, 7) is 1.14. The lowest BCUT2D eigenvalue weighted by Gasteiger charge is -2.34. The van der Waals surface area contributed by atoms with Gasteiger partial charge in [0.1, 0.15) is 11.5 Å². The molecule has 1 amide bonds. The van der Waals surface area contributed by atoms with Crippen molar-refractivity contribution < 1.29 is 24.2 Å². The number of nitrogens with zero attached hydrogens (tertiary/aromatic N) is 1. The summed E-state index contributed by atoms with van der Waals surface area (Å²) in [6.07, 6.45) is 3.50. The van der Waals surface area contributed by atoms with E-state index >= 15 is 0 Å². The Morgan fingerprint density at radius 1 is 1.32 bits per heavy atom. The topological polar surface area (TPSA) is 76.1 Å². The van der Waals surface area contributed by atoms with Crippen LogP contribution in [0.2, 0.25) is 0 Å². The minimum Gasteiger partial charge on any atom is -0.497 e. The molecule has 1 N–H and O–H groups in total. The Kier molecular flexibility index (Phi) is 4.88. The summed E-state index contributed by atoms with van der Waals surface area (Å²) in [5.41, 5.74) is 0.445. The first kappa shape index (κ1) is 17.6. The maximum absolute atomic E-state index is 13.0. The van der Waals surface area contributed by atoms with Crippen molar-refractivity contribution in [1.82, 2.24) is 4.90 Å². The van der Waals surface area contributed by atoms with Crippen LogP contribution in [0.4, 0.5) is 0 Å². The van der Waals surface area contributed by atoms with Crippen LogP contribution in [-0.4, -0.2) is 42.6 Å². The third-order valence-corrected chi connectivity index (χ3v) is 5.65. The van der Waals surface area contributed by atoms with Gasteiger partial charge >= 0.3 is 5.97 Å². The molecule has 2 fully saturated rings. The standard InChI is InChI=1S/C19H25NO5/c1-24-15-6-5-14(16(10-15)25-2)12-20-9-8-19(18(20)23)7-3-4-13(11-19)17(21)22/h5-6,10,13H,3-4,7-9,11-12H2,1-2H3,(H,21,22)/t13?,19-/m1/s1. The van der Waals surface area contributed by atoms with Crippen LogP contribution in [0.15, 0.2) is 18.2 Å². The zero-order valence-corrected chi connectivity index (χ0v) is 14.8. The van der Waals surface area contributed by atoms with E-state index in [1.165, 1.54) is 0 Å². The van der Waals surface area contributed by atoms with Gasteiger partial charge in [0.2, 0.25) is 5.91 Å². The van der Waals surface area contributed by atoms with Gasteiger partial charge in [-0.25, -0.2) is 0 Å². The first-order chi connectivity index (χ1) is 12.0. The van der Waals surface area contributed by atoms with Gasteiger partial charge < -0.3 is 19.5 Å². The quantitative estimate of drug-likeness (QED) is 0.886. The van der Waals surface area contributed by atoms with E-state index in [2.05, 4.69) is 0 Å². The van der Waals surface area contributed by atoms with E-state index in [1.54, 1.807) is 14.2 Å². The van der Waals surface area contributed by atoms with Crippen LogP contribution in [0.5, 0.6) is 11.5 Å². The second-order valence-electron chi connectivity index (χ2n) is 7.07. The van der Waals surface area contributed by atoms with Gasteiger partial charge in [0.05, 0.1) is 25.6 Å². The van der Waals surface area contributed by atoms with E-state index < -0.39 is 17.3 Å². The molecule has 0 aromatic heterocycles. The Hall–Kier alpha value is -2.24. The molecule has 0 bridgehead atoms. The Morgan fingerprint density at radius 3 is 2.80 bits per heavy atom. The lowest BCUT2D eigenvalue weighted by atomic mass is 9.68. The van der Waals surface area contributed by atoms with Crippen LogP contribution in [0.1, 0.15) is 37.7 Å². The van der Waals surface area contributed by atoms with Gasteiger partial charge in [-0.15, -0.1) is 0 Å². The summed E-state index contributed by atoms with van der Waals surface area (Å²) >= 11 is 0. The molecule has 1 saturated heterocycles. The molecule has 2 atom stereocenters. The van der Waals surface area contributed by atoms with Crippen molar-refractivity contribution in [3.63, 3.8) is 0 Å². The highest BCUT2D eigenvalue weighted by Gasteiger charge is 2.50. The van der Waals surface area contributed by atoms with Gasteiger partial charge in [-0.05, 0) is 37.8 Å². The van der Waals surface area contributed by atoms with Crippen molar-refractivity contribution in [2.45, 2.75) is 38.6 Å². The number of carboxylic acids is 1. The normalized spacial score (nSPS) is 26.1. The zero-order chi connectivity index (χ0) is 18.0. The fraction of sp³-hybridized carbons (Fsp3) is 0.579. The van der Waals surface area contributed by atoms with Crippen molar-refractivity contribution in [1.29, 1.82) is 0 Å². The minimum atomic E-state index is -0.776. The van der Waals surface area contributed by atoms with Crippen LogP contribution < -0.4 is 9.47 Å². The number of aliphatic carboxylic acids is 1. The van der Waals surface area contributed by atoms with E-state index in [9.17, 15) is 14.7 Å². The van der Waals surface area contributed by atoms with Crippen LogP contribution in [0.3, 0.4) is 0 Å². The summed E-state index contributed by atoms with van der Waals surface area (Å²) in [4.78, 5) is 26.3. The van der Waals surface area contributed by atoms with Gasteiger partial charge in [-0.3, -0.25) is 9.59 Å². The molecular formula is C19H25NO5. The molecule has 1 saturated carbocycles. The fourth-order valence-corrected chi connectivity index (χ4v) is 4.23. The van der Waals surface area contributed by atoms with Crippen LogP contribution >= 0.6 is 0 Å². The van der Waals surface area contributed by atoms with Crippen molar-refractivity contribution >= 4 is 11.9 Å². The summed E-state index contributed by atoms with van der Waals surface area (Å²) < 4.78 is 10.6. The Balaban J connectivity index is 1.75. The van der Waals surface area contributed by atoms with Crippen molar-refractivity contribution in [3.05, 3.63) is 23.8 Å². The molecule has 6 heteroatoms. The molecule has 2 aliphatic rings. The monoisotopic (exact) mass is 347 g/mol. The van der Waals surface area contributed by atoms with Gasteiger partial charge in [0, 0.05) is 24.7 Å². The molecule has 1 aliphatic heterocycles. The molecule has 0 radical (unpaired) electrons. The van der Waals surface area contributed by atoms with E-state index in [0.29, 0.717) is 37.4 Å². The predicted molar refractivity (Wildman–Crippen MR) is 91.6 cm³/mol.